The van der Waals surface area contributed by atoms with Gasteiger partial charge in [0.15, 0.2) is 0 Å². The van der Waals surface area contributed by atoms with E-state index in [1.165, 1.54) is 18.4 Å². The second kappa shape index (κ2) is 11.8. The predicted octanol–water partition coefficient (Wildman–Crippen LogP) is 7.22. The standard InChI is InChI=1S/C33H58O5/c1-21(2)11-10-12-22(3)29-25-17-28(38-20-36-9)30-31(5)15-14-27(37-19-35-8)23(4)24(31)13-16-32(30,6)33(25,7)18-26(29)34/h11,22-30,34H,10,12-20H2,1-9H3/t22?,23?,24?,25?,26-,27+,28?,29?,30?,31-,32?,33-/m0/s1. The molecule has 4 rings (SSSR count). The van der Waals surface area contributed by atoms with Crippen LogP contribution < -0.4 is 0 Å². The molecular weight excluding hydrogens is 476 g/mol. The SMILES string of the molecule is COCOC1CC2C(C(C)CCC=C(C)C)[C@@H](O)C[C@]2(C)C2(C)CCC3C(C)[C@H](OCOC)CC[C@]3(C)C12. The maximum Gasteiger partial charge on any atom is 0.146 e. The van der Waals surface area contributed by atoms with E-state index in [0.29, 0.717) is 49.1 Å². The molecule has 0 aromatic carbocycles. The van der Waals surface area contributed by atoms with Crippen molar-refractivity contribution in [2.24, 2.45) is 51.8 Å². The molecule has 0 spiro atoms. The van der Waals surface area contributed by atoms with Crippen molar-refractivity contribution in [2.45, 2.75) is 118 Å². The smallest absolute Gasteiger partial charge is 0.146 e. The number of ether oxygens (including phenoxy) is 4. The fourth-order valence-electron chi connectivity index (χ4n) is 10.7. The highest BCUT2D eigenvalue weighted by molar-refractivity contribution is 5.20. The van der Waals surface area contributed by atoms with E-state index in [-0.39, 0.29) is 34.6 Å². The second-order valence-electron chi connectivity index (χ2n) is 14.6. The van der Waals surface area contributed by atoms with Gasteiger partial charge < -0.3 is 24.1 Å². The Morgan fingerprint density at radius 1 is 0.947 bits per heavy atom. The van der Waals surface area contributed by atoms with Crippen LogP contribution in [-0.2, 0) is 18.9 Å². The van der Waals surface area contributed by atoms with Gasteiger partial charge in [-0.3, -0.25) is 0 Å². The van der Waals surface area contributed by atoms with Gasteiger partial charge in [0, 0.05) is 14.2 Å². The molecule has 4 fully saturated rings. The molecule has 4 aliphatic rings. The van der Waals surface area contributed by atoms with Gasteiger partial charge in [0.25, 0.3) is 0 Å². The molecule has 5 heteroatoms. The highest BCUT2D eigenvalue weighted by atomic mass is 16.7. The number of aliphatic hydroxyl groups excluding tert-OH is 1. The summed E-state index contributed by atoms with van der Waals surface area (Å²) in [6, 6.07) is 0. The van der Waals surface area contributed by atoms with E-state index in [1.807, 2.05) is 0 Å². The Hall–Kier alpha value is -0.460. The Morgan fingerprint density at radius 2 is 1.61 bits per heavy atom. The van der Waals surface area contributed by atoms with Crippen molar-refractivity contribution in [1.82, 2.24) is 0 Å². The van der Waals surface area contributed by atoms with E-state index in [1.54, 1.807) is 14.2 Å². The van der Waals surface area contributed by atoms with Gasteiger partial charge in [-0.25, -0.2) is 0 Å². The van der Waals surface area contributed by atoms with Crippen molar-refractivity contribution in [3.63, 3.8) is 0 Å². The van der Waals surface area contributed by atoms with Crippen LogP contribution >= 0.6 is 0 Å². The van der Waals surface area contributed by atoms with Crippen LogP contribution in [0.4, 0.5) is 0 Å². The van der Waals surface area contributed by atoms with Gasteiger partial charge in [-0.2, -0.15) is 0 Å². The molecule has 12 atom stereocenters. The summed E-state index contributed by atoms with van der Waals surface area (Å²) >= 11 is 0. The molecule has 220 valence electrons. The minimum Gasteiger partial charge on any atom is -0.393 e. The minimum atomic E-state index is -0.229. The molecule has 0 radical (unpaired) electrons. The fourth-order valence-corrected chi connectivity index (χ4v) is 10.7. The number of rotatable bonds is 10. The van der Waals surface area contributed by atoms with E-state index in [0.717, 1.165) is 38.5 Å². The zero-order valence-corrected chi connectivity index (χ0v) is 25.9. The first-order valence-corrected chi connectivity index (χ1v) is 15.5. The van der Waals surface area contributed by atoms with Gasteiger partial charge in [-0.15, -0.1) is 0 Å². The van der Waals surface area contributed by atoms with Crippen LogP contribution in [0.3, 0.4) is 0 Å². The largest absolute Gasteiger partial charge is 0.393 e. The molecule has 0 aliphatic heterocycles. The third-order valence-electron chi connectivity index (χ3n) is 12.6. The highest BCUT2D eigenvalue weighted by Crippen LogP contribution is 2.75. The van der Waals surface area contributed by atoms with Gasteiger partial charge >= 0.3 is 0 Å². The van der Waals surface area contributed by atoms with Crippen LogP contribution in [0.25, 0.3) is 0 Å². The van der Waals surface area contributed by atoms with Crippen molar-refractivity contribution >= 4 is 0 Å². The number of methoxy groups -OCH3 is 2. The summed E-state index contributed by atoms with van der Waals surface area (Å²) in [6.45, 7) is 17.6. The van der Waals surface area contributed by atoms with Crippen molar-refractivity contribution in [3.8, 4) is 0 Å². The lowest BCUT2D eigenvalue weighted by Crippen LogP contribution is -2.66. The lowest BCUT2D eigenvalue weighted by atomic mass is 9.36. The number of hydrogen-bond acceptors (Lipinski definition) is 5. The van der Waals surface area contributed by atoms with E-state index in [9.17, 15) is 5.11 Å². The molecule has 0 heterocycles. The lowest BCUT2D eigenvalue weighted by Gasteiger charge is -2.70. The lowest BCUT2D eigenvalue weighted by molar-refractivity contribution is -0.264. The van der Waals surface area contributed by atoms with Gasteiger partial charge in [0.05, 0.1) is 18.3 Å². The van der Waals surface area contributed by atoms with Crippen molar-refractivity contribution in [1.29, 1.82) is 0 Å². The maximum atomic E-state index is 11.7. The quantitative estimate of drug-likeness (QED) is 0.237. The van der Waals surface area contributed by atoms with E-state index >= 15 is 0 Å². The Kier molecular flexibility index (Phi) is 9.47. The van der Waals surface area contributed by atoms with E-state index in [2.05, 4.69) is 54.5 Å². The van der Waals surface area contributed by atoms with Gasteiger partial charge in [-0.1, -0.05) is 46.3 Å². The highest BCUT2D eigenvalue weighted by Gasteiger charge is 2.71. The molecule has 0 bridgehead atoms. The molecule has 38 heavy (non-hydrogen) atoms. The topological polar surface area (TPSA) is 57.2 Å². The van der Waals surface area contributed by atoms with Crippen molar-refractivity contribution in [2.75, 3.05) is 27.8 Å². The number of fused-ring (bicyclic) bond motifs is 5. The van der Waals surface area contributed by atoms with E-state index < -0.39 is 0 Å². The van der Waals surface area contributed by atoms with Crippen LogP contribution in [-0.4, -0.2) is 51.2 Å². The molecule has 0 saturated heterocycles. The number of hydrogen-bond donors (Lipinski definition) is 1. The van der Waals surface area contributed by atoms with Gasteiger partial charge in [-0.05, 0) is 117 Å². The summed E-state index contributed by atoms with van der Waals surface area (Å²) < 4.78 is 23.6. The summed E-state index contributed by atoms with van der Waals surface area (Å²) in [4.78, 5) is 0. The van der Waals surface area contributed by atoms with Crippen molar-refractivity contribution < 1.29 is 24.1 Å². The summed E-state index contributed by atoms with van der Waals surface area (Å²) in [5, 5.41) is 11.7. The fraction of sp³-hybridized carbons (Fsp3) is 0.939. The zero-order chi connectivity index (χ0) is 27.9. The summed E-state index contributed by atoms with van der Waals surface area (Å²) in [5.41, 5.74) is 1.80. The monoisotopic (exact) mass is 534 g/mol. The maximum absolute atomic E-state index is 11.7. The van der Waals surface area contributed by atoms with Gasteiger partial charge in [0.1, 0.15) is 13.6 Å². The molecule has 0 amide bonds. The van der Waals surface area contributed by atoms with Crippen molar-refractivity contribution in [3.05, 3.63) is 11.6 Å². The summed E-state index contributed by atoms with van der Waals surface area (Å²) in [7, 11) is 3.46. The molecule has 4 saturated carbocycles. The van der Waals surface area contributed by atoms with Crippen LogP contribution in [0.1, 0.15) is 99.8 Å². The Labute approximate surface area is 233 Å². The van der Waals surface area contributed by atoms with Crippen LogP contribution in [0.15, 0.2) is 11.6 Å². The first-order chi connectivity index (χ1) is 17.9. The first kappa shape index (κ1) is 30.5. The molecule has 8 unspecified atom stereocenters. The molecule has 5 nitrogen and oxygen atoms in total. The number of aliphatic hydroxyl groups is 1. The molecule has 4 aliphatic carbocycles. The first-order valence-electron chi connectivity index (χ1n) is 15.5. The molecule has 0 aromatic heterocycles. The molecule has 0 aromatic rings. The summed E-state index contributed by atoms with van der Waals surface area (Å²) in [6.07, 6.45) is 11.4. The number of allylic oxidation sites excluding steroid dienone is 2. The van der Waals surface area contributed by atoms with E-state index in [4.69, 9.17) is 18.9 Å². The van der Waals surface area contributed by atoms with Crippen LogP contribution in [0.5, 0.6) is 0 Å². The third kappa shape index (κ3) is 5.06. The molecular formula is C33H58O5. The summed E-state index contributed by atoms with van der Waals surface area (Å²) in [5.74, 6) is 2.86. The third-order valence-corrected chi connectivity index (χ3v) is 12.6. The minimum absolute atomic E-state index is 0.111. The Balaban J connectivity index is 1.67. The molecule has 1 N–H and O–H groups in total. The Bertz CT molecular complexity index is 824. The second-order valence-corrected chi connectivity index (χ2v) is 14.6. The van der Waals surface area contributed by atoms with Crippen LogP contribution in [0.2, 0.25) is 0 Å². The van der Waals surface area contributed by atoms with Gasteiger partial charge in [0.2, 0.25) is 0 Å². The predicted molar refractivity (Wildman–Crippen MR) is 152 cm³/mol. The average Bonchev–Trinajstić information content (AvgIpc) is 3.12. The van der Waals surface area contributed by atoms with Crippen LogP contribution in [0, 0.1) is 51.8 Å². The Morgan fingerprint density at radius 3 is 2.24 bits per heavy atom. The zero-order valence-electron chi connectivity index (χ0n) is 25.9. The average molecular weight is 535 g/mol. The normalized spacial score (nSPS) is 47.1.